The maximum absolute atomic E-state index is 12.5. The van der Waals surface area contributed by atoms with Crippen LogP contribution in [0.15, 0.2) is 35.6 Å². The van der Waals surface area contributed by atoms with E-state index >= 15 is 0 Å². The van der Waals surface area contributed by atoms with Gasteiger partial charge in [-0.15, -0.1) is 0 Å². The molecule has 0 amide bonds. The minimum absolute atomic E-state index is 0.350. The molecule has 0 saturated heterocycles. The lowest BCUT2D eigenvalue weighted by atomic mass is 10.2. The molecule has 0 spiro atoms. The quantitative estimate of drug-likeness (QED) is 0.751. The summed E-state index contributed by atoms with van der Waals surface area (Å²) in [5, 5.41) is 0.463. The van der Waals surface area contributed by atoms with Gasteiger partial charge in [0.05, 0.1) is 23.8 Å². The highest BCUT2D eigenvalue weighted by atomic mass is 32.2. The zero-order valence-electron chi connectivity index (χ0n) is 12.7. The average Bonchev–Trinajstić information content (AvgIpc) is 2.93. The first-order valence-corrected chi connectivity index (χ1v) is 8.23. The fourth-order valence-electron chi connectivity index (χ4n) is 2.28. The number of H-pyrrole nitrogens is 1. The zero-order chi connectivity index (χ0) is 15.7. The Balaban J connectivity index is 1.86. The first-order valence-electron chi connectivity index (χ1n) is 6.91. The maximum Gasteiger partial charge on any atom is 0.322 e. The van der Waals surface area contributed by atoms with Gasteiger partial charge in [-0.2, -0.15) is 4.98 Å². The van der Waals surface area contributed by atoms with E-state index in [1.807, 2.05) is 38.1 Å². The van der Waals surface area contributed by atoms with Crippen LogP contribution in [0.3, 0.4) is 0 Å². The van der Waals surface area contributed by atoms with Gasteiger partial charge in [0, 0.05) is 23.4 Å². The predicted molar refractivity (Wildman–Crippen MR) is 86.5 cm³/mol. The van der Waals surface area contributed by atoms with Crippen molar-refractivity contribution in [1.82, 2.24) is 15.0 Å². The predicted octanol–water partition coefficient (Wildman–Crippen LogP) is 2.89. The molecule has 5 nitrogen and oxygen atoms in total. The van der Waals surface area contributed by atoms with Crippen LogP contribution in [-0.2, 0) is 16.9 Å². The normalized spacial score (nSPS) is 12.5. The molecule has 2 aromatic heterocycles. The number of pyridine rings is 1. The van der Waals surface area contributed by atoms with Crippen LogP contribution >= 0.6 is 0 Å². The second-order valence-corrected chi connectivity index (χ2v) is 6.56. The molecular formula is C16H17N3O2S. The number of ether oxygens (including phenoxy) is 1. The molecule has 22 heavy (non-hydrogen) atoms. The second kappa shape index (κ2) is 5.98. The van der Waals surface area contributed by atoms with Gasteiger partial charge in [-0.25, -0.2) is 0 Å². The molecule has 2 heterocycles. The van der Waals surface area contributed by atoms with Gasteiger partial charge < -0.3 is 9.29 Å². The summed E-state index contributed by atoms with van der Waals surface area (Å²) in [5.74, 6) is 1.08. The third-order valence-corrected chi connectivity index (χ3v) is 4.64. The van der Waals surface area contributed by atoms with Gasteiger partial charge in [0.15, 0.2) is 5.75 Å². The van der Waals surface area contributed by atoms with Gasteiger partial charge in [0.1, 0.15) is 5.75 Å². The maximum atomic E-state index is 12.5. The van der Waals surface area contributed by atoms with Crippen LogP contribution in [0.1, 0.15) is 16.8 Å². The summed E-state index contributed by atoms with van der Waals surface area (Å²) in [6.07, 6.45) is 1.79. The van der Waals surface area contributed by atoms with E-state index in [1.165, 1.54) is 0 Å². The van der Waals surface area contributed by atoms with E-state index < -0.39 is 11.2 Å². The average molecular weight is 315 g/mol. The summed E-state index contributed by atoms with van der Waals surface area (Å²) in [5.41, 5.74) is 4.57. The number of rotatable bonds is 4. The number of aryl methyl sites for hydroxylation is 2. The molecule has 0 bridgehead atoms. The Morgan fingerprint density at radius 2 is 2.09 bits per heavy atom. The molecule has 1 atom stereocenters. The number of nitrogens with zero attached hydrogens (tertiary/aromatic N) is 2. The van der Waals surface area contributed by atoms with E-state index in [2.05, 4.69) is 15.0 Å². The van der Waals surface area contributed by atoms with E-state index in [0.29, 0.717) is 10.9 Å². The summed E-state index contributed by atoms with van der Waals surface area (Å²) >= 11 is -1.26. The van der Waals surface area contributed by atoms with E-state index in [-0.39, 0.29) is 0 Å². The number of aromatic amines is 1. The largest absolute Gasteiger partial charge is 0.609 e. The Hall–Kier alpha value is -2.05. The van der Waals surface area contributed by atoms with Crippen LogP contribution in [0.4, 0.5) is 0 Å². The number of fused-ring (bicyclic) bond motifs is 1. The minimum Gasteiger partial charge on any atom is -0.609 e. The fraction of sp³-hybridized carbons (Fsp3) is 0.250. The van der Waals surface area contributed by atoms with Crippen molar-refractivity contribution in [2.75, 3.05) is 7.11 Å². The van der Waals surface area contributed by atoms with Crippen molar-refractivity contribution in [2.45, 2.75) is 24.8 Å². The molecule has 0 saturated carbocycles. The minimum atomic E-state index is -1.26. The number of imidazole rings is 1. The molecule has 0 aliphatic rings. The number of methoxy groups -OCH3 is 1. The standard InChI is InChI=1S/C16H17N3O2S/c1-10-6-11(2)15(17-8-10)9-22(20)16-18-13-5-4-12(21-3)7-14(13)19-16/h4-8H,9H2,1-3H3,(H,18,19). The highest BCUT2D eigenvalue weighted by molar-refractivity contribution is 7.90. The number of benzene rings is 1. The van der Waals surface area contributed by atoms with Crippen molar-refractivity contribution in [2.24, 2.45) is 0 Å². The zero-order valence-corrected chi connectivity index (χ0v) is 13.5. The van der Waals surface area contributed by atoms with Gasteiger partial charge >= 0.3 is 5.16 Å². The molecular weight excluding hydrogens is 298 g/mol. The molecule has 0 aliphatic heterocycles. The van der Waals surface area contributed by atoms with Crippen molar-refractivity contribution in [3.63, 3.8) is 0 Å². The van der Waals surface area contributed by atoms with E-state index in [0.717, 1.165) is 33.6 Å². The van der Waals surface area contributed by atoms with E-state index in [4.69, 9.17) is 4.74 Å². The summed E-state index contributed by atoms with van der Waals surface area (Å²) in [7, 11) is 1.61. The highest BCUT2D eigenvalue weighted by Gasteiger charge is 2.19. The van der Waals surface area contributed by atoms with Gasteiger partial charge in [0.25, 0.3) is 0 Å². The third kappa shape index (κ3) is 2.93. The topological polar surface area (TPSA) is 73.9 Å². The molecule has 0 aliphatic carbocycles. The monoisotopic (exact) mass is 315 g/mol. The number of hydrogen-bond donors (Lipinski definition) is 1. The number of aromatic nitrogens is 3. The highest BCUT2D eigenvalue weighted by Crippen LogP contribution is 2.22. The van der Waals surface area contributed by atoms with Gasteiger partial charge in [-0.3, -0.25) is 9.97 Å². The number of nitrogens with one attached hydrogen (secondary N) is 1. The molecule has 1 aromatic carbocycles. The molecule has 3 aromatic rings. The van der Waals surface area contributed by atoms with Crippen molar-refractivity contribution in [1.29, 1.82) is 0 Å². The molecule has 0 radical (unpaired) electrons. The van der Waals surface area contributed by atoms with Gasteiger partial charge in [-0.1, -0.05) is 6.07 Å². The Kier molecular flexibility index (Phi) is 4.04. The Morgan fingerprint density at radius 3 is 2.82 bits per heavy atom. The number of hydrogen-bond acceptors (Lipinski definition) is 4. The van der Waals surface area contributed by atoms with Crippen molar-refractivity contribution in [3.8, 4) is 5.75 Å². The second-order valence-electron chi connectivity index (χ2n) is 5.19. The van der Waals surface area contributed by atoms with Gasteiger partial charge in [-0.05, 0) is 37.1 Å². The van der Waals surface area contributed by atoms with Crippen LogP contribution in [0, 0.1) is 13.8 Å². The van der Waals surface area contributed by atoms with Crippen LogP contribution in [0.5, 0.6) is 5.75 Å². The Labute approximate surface area is 131 Å². The van der Waals surface area contributed by atoms with Gasteiger partial charge in [0.2, 0.25) is 0 Å². The molecule has 114 valence electrons. The van der Waals surface area contributed by atoms with E-state index in [9.17, 15) is 4.55 Å². The lowest BCUT2D eigenvalue weighted by Crippen LogP contribution is -2.09. The van der Waals surface area contributed by atoms with Crippen LogP contribution in [0.25, 0.3) is 11.0 Å². The Morgan fingerprint density at radius 1 is 1.27 bits per heavy atom. The Bertz CT molecular complexity index is 816. The lowest BCUT2D eigenvalue weighted by Gasteiger charge is -2.08. The first-order chi connectivity index (χ1) is 10.6. The van der Waals surface area contributed by atoms with Crippen molar-refractivity contribution in [3.05, 3.63) is 47.3 Å². The summed E-state index contributed by atoms with van der Waals surface area (Å²) < 4.78 is 17.7. The fourth-order valence-corrected chi connectivity index (χ4v) is 3.40. The SMILES string of the molecule is COc1ccc2[nH]c([S+]([O-])Cc3ncc(C)cc3C)nc2c1. The third-order valence-electron chi connectivity index (χ3n) is 3.48. The molecule has 6 heteroatoms. The summed E-state index contributed by atoms with van der Waals surface area (Å²) in [6.45, 7) is 3.98. The van der Waals surface area contributed by atoms with Crippen LogP contribution in [0.2, 0.25) is 0 Å². The molecule has 0 fully saturated rings. The molecule has 1 N–H and O–H groups in total. The van der Waals surface area contributed by atoms with Crippen molar-refractivity contribution < 1.29 is 9.29 Å². The lowest BCUT2D eigenvalue weighted by molar-refractivity contribution is 0.415. The summed E-state index contributed by atoms with van der Waals surface area (Å²) in [4.78, 5) is 11.9. The first kappa shape index (κ1) is 14.9. The molecule has 1 unspecified atom stereocenters. The van der Waals surface area contributed by atoms with Crippen LogP contribution < -0.4 is 4.74 Å². The molecule has 3 rings (SSSR count). The summed E-state index contributed by atoms with van der Waals surface area (Å²) in [6, 6.07) is 7.58. The smallest absolute Gasteiger partial charge is 0.322 e. The van der Waals surface area contributed by atoms with Crippen LogP contribution in [-0.4, -0.2) is 26.6 Å². The van der Waals surface area contributed by atoms with E-state index in [1.54, 1.807) is 13.3 Å². The van der Waals surface area contributed by atoms with Crippen molar-refractivity contribution >= 4 is 22.2 Å².